The van der Waals surface area contributed by atoms with Gasteiger partial charge in [-0.2, -0.15) is 0 Å². The Hall–Kier alpha value is -2.15. The largest absolute Gasteiger partial charge is 0.497 e. The number of thiocarbonyl (C=S) groups is 1. The van der Waals surface area contributed by atoms with E-state index in [1.165, 1.54) is 32.1 Å². The summed E-state index contributed by atoms with van der Waals surface area (Å²) >= 11 is 5.04. The minimum Gasteiger partial charge on any atom is -0.497 e. The van der Waals surface area contributed by atoms with E-state index < -0.39 is 0 Å². The van der Waals surface area contributed by atoms with Gasteiger partial charge in [0, 0.05) is 6.42 Å². The molecule has 1 aliphatic rings. The molecule has 0 unspecified atom stereocenters. The van der Waals surface area contributed by atoms with Crippen molar-refractivity contribution in [2.45, 2.75) is 51.4 Å². The molecule has 0 radical (unpaired) electrons. The van der Waals surface area contributed by atoms with Crippen LogP contribution in [-0.2, 0) is 16.0 Å². The van der Waals surface area contributed by atoms with Crippen molar-refractivity contribution in [3.8, 4) is 5.75 Å². The highest BCUT2D eigenvalue weighted by Crippen LogP contribution is 2.27. The standard InChI is InChI=1S/C19H27N3O3S/c1-25-16-10-7-15(8-11-16)13-18(24)21-22-19(26)20-17(23)12-9-14-5-3-2-4-6-14/h7-8,10-11,14H,2-6,9,12-13H2,1H3,(H,21,24)(H2,20,22,23,26). The average Bonchev–Trinajstić information content (AvgIpc) is 2.66. The van der Waals surface area contributed by atoms with E-state index in [-0.39, 0.29) is 23.3 Å². The SMILES string of the molecule is COc1ccc(CC(=O)NNC(=S)NC(=O)CCC2CCCCC2)cc1. The Morgan fingerprint density at radius 1 is 1.08 bits per heavy atom. The van der Waals surface area contributed by atoms with Crippen molar-refractivity contribution < 1.29 is 14.3 Å². The third-order valence-corrected chi connectivity index (χ3v) is 4.80. The summed E-state index contributed by atoms with van der Waals surface area (Å²) in [4.78, 5) is 23.8. The molecule has 26 heavy (non-hydrogen) atoms. The fraction of sp³-hybridized carbons (Fsp3) is 0.526. The van der Waals surface area contributed by atoms with Crippen LogP contribution in [0, 0.1) is 5.92 Å². The molecule has 6 nitrogen and oxygen atoms in total. The zero-order valence-electron chi connectivity index (χ0n) is 15.2. The lowest BCUT2D eigenvalue weighted by molar-refractivity contribution is -0.122. The summed E-state index contributed by atoms with van der Waals surface area (Å²) in [6.45, 7) is 0. The summed E-state index contributed by atoms with van der Waals surface area (Å²) in [6, 6.07) is 7.24. The maximum Gasteiger partial charge on any atom is 0.242 e. The maximum absolute atomic E-state index is 11.9. The maximum atomic E-state index is 11.9. The van der Waals surface area contributed by atoms with E-state index in [9.17, 15) is 9.59 Å². The van der Waals surface area contributed by atoms with Gasteiger partial charge in [0.2, 0.25) is 11.8 Å². The number of hydrogen-bond acceptors (Lipinski definition) is 4. The van der Waals surface area contributed by atoms with Crippen molar-refractivity contribution in [2.75, 3.05) is 7.11 Å². The molecule has 2 rings (SSSR count). The molecule has 0 aromatic heterocycles. The van der Waals surface area contributed by atoms with Crippen LogP contribution in [0.1, 0.15) is 50.5 Å². The zero-order chi connectivity index (χ0) is 18.8. The van der Waals surface area contributed by atoms with Crippen LogP contribution < -0.4 is 20.9 Å². The Morgan fingerprint density at radius 3 is 2.42 bits per heavy atom. The van der Waals surface area contributed by atoms with E-state index in [2.05, 4.69) is 16.2 Å². The third-order valence-electron chi connectivity index (χ3n) is 4.60. The molecule has 0 heterocycles. The van der Waals surface area contributed by atoms with E-state index in [1.807, 2.05) is 12.1 Å². The number of nitrogens with one attached hydrogen (secondary N) is 3. The average molecular weight is 378 g/mol. The molecule has 1 aromatic rings. The molecule has 1 aromatic carbocycles. The van der Waals surface area contributed by atoms with Crippen molar-refractivity contribution in [2.24, 2.45) is 5.92 Å². The second-order valence-corrected chi connectivity index (χ2v) is 7.03. The fourth-order valence-electron chi connectivity index (χ4n) is 3.13. The smallest absolute Gasteiger partial charge is 0.242 e. The van der Waals surface area contributed by atoms with Crippen LogP contribution in [-0.4, -0.2) is 24.0 Å². The Labute approximate surface area is 160 Å². The van der Waals surface area contributed by atoms with Gasteiger partial charge in [0.15, 0.2) is 5.11 Å². The number of carbonyl (C=O) groups excluding carboxylic acids is 2. The van der Waals surface area contributed by atoms with Gasteiger partial charge in [0.25, 0.3) is 0 Å². The minimum absolute atomic E-state index is 0.113. The quantitative estimate of drug-likeness (QED) is 0.525. The number of ether oxygens (including phenoxy) is 1. The predicted molar refractivity (Wildman–Crippen MR) is 105 cm³/mol. The number of hydrogen-bond donors (Lipinski definition) is 3. The predicted octanol–water partition coefficient (Wildman–Crippen LogP) is 2.62. The summed E-state index contributed by atoms with van der Waals surface area (Å²) in [7, 11) is 1.59. The first-order chi connectivity index (χ1) is 12.6. The van der Waals surface area contributed by atoms with Gasteiger partial charge in [0.05, 0.1) is 13.5 Å². The van der Waals surface area contributed by atoms with Crippen LogP contribution >= 0.6 is 12.2 Å². The second-order valence-electron chi connectivity index (χ2n) is 6.62. The first-order valence-electron chi connectivity index (χ1n) is 9.08. The zero-order valence-corrected chi connectivity index (χ0v) is 16.0. The van der Waals surface area contributed by atoms with Crippen LogP contribution in [0.5, 0.6) is 5.75 Å². The Morgan fingerprint density at radius 2 is 1.77 bits per heavy atom. The summed E-state index contributed by atoms with van der Waals surface area (Å²) in [5.74, 6) is 1.04. The molecule has 1 fully saturated rings. The lowest BCUT2D eigenvalue weighted by Gasteiger charge is -2.21. The highest BCUT2D eigenvalue weighted by molar-refractivity contribution is 7.80. The van der Waals surface area contributed by atoms with Crippen molar-refractivity contribution in [3.05, 3.63) is 29.8 Å². The van der Waals surface area contributed by atoms with Gasteiger partial charge in [0.1, 0.15) is 5.75 Å². The van der Waals surface area contributed by atoms with Gasteiger partial charge in [-0.3, -0.25) is 20.4 Å². The molecule has 0 atom stereocenters. The number of amides is 2. The first kappa shape index (κ1) is 20.2. The Balaban J connectivity index is 1.62. The van der Waals surface area contributed by atoms with Gasteiger partial charge < -0.3 is 10.1 Å². The minimum atomic E-state index is -0.242. The summed E-state index contributed by atoms with van der Waals surface area (Å²) < 4.78 is 5.08. The van der Waals surface area contributed by atoms with E-state index >= 15 is 0 Å². The van der Waals surface area contributed by atoms with E-state index in [4.69, 9.17) is 17.0 Å². The number of carbonyl (C=O) groups is 2. The highest BCUT2D eigenvalue weighted by atomic mass is 32.1. The van der Waals surface area contributed by atoms with E-state index in [0.29, 0.717) is 12.3 Å². The third kappa shape index (κ3) is 7.39. The number of hydrazine groups is 1. The fourth-order valence-corrected chi connectivity index (χ4v) is 3.30. The molecule has 0 saturated heterocycles. The molecular formula is C19H27N3O3S. The second kappa shape index (κ2) is 10.8. The normalized spacial score (nSPS) is 14.3. The van der Waals surface area contributed by atoms with E-state index in [1.54, 1.807) is 19.2 Å². The first-order valence-corrected chi connectivity index (χ1v) is 9.49. The molecule has 1 saturated carbocycles. The van der Waals surface area contributed by atoms with Crippen LogP contribution in [0.25, 0.3) is 0 Å². The van der Waals surface area contributed by atoms with Crippen molar-refractivity contribution in [3.63, 3.8) is 0 Å². The van der Waals surface area contributed by atoms with Crippen molar-refractivity contribution in [1.29, 1.82) is 0 Å². The highest BCUT2D eigenvalue weighted by Gasteiger charge is 2.15. The summed E-state index contributed by atoms with van der Waals surface area (Å²) in [5, 5.41) is 2.72. The Bertz CT molecular complexity index is 613. The number of rotatable bonds is 6. The van der Waals surface area contributed by atoms with Gasteiger partial charge in [-0.1, -0.05) is 44.2 Å². The summed E-state index contributed by atoms with van der Waals surface area (Å²) in [5.41, 5.74) is 5.92. The molecule has 0 aliphatic heterocycles. The van der Waals surface area contributed by atoms with Gasteiger partial charge >= 0.3 is 0 Å². The number of methoxy groups -OCH3 is 1. The van der Waals surface area contributed by atoms with Crippen LogP contribution in [0.4, 0.5) is 0 Å². The monoisotopic (exact) mass is 377 g/mol. The Kier molecular flexibility index (Phi) is 8.34. The molecule has 3 N–H and O–H groups in total. The topological polar surface area (TPSA) is 79.5 Å². The molecular weight excluding hydrogens is 350 g/mol. The van der Waals surface area contributed by atoms with Crippen LogP contribution in [0.2, 0.25) is 0 Å². The summed E-state index contributed by atoms with van der Waals surface area (Å²) in [6.07, 6.45) is 7.86. The lowest BCUT2D eigenvalue weighted by Crippen LogP contribution is -2.48. The molecule has 0 bridgehead atoms. The molecule has 1 aliphatic carbocycles. The van der Waals surface area contributed by atoms with E-state index in [0.717, 1.165) is 17.7 Å². The lowest BCUT2D eigenvalue weighted by atomic mass is 9.86. The molecule has 7 heteroatoms. The number of benzene rings is 1. The van der Waals surface area contributed by atoms with Crippen LogP contribution in [0.15, 0.2) is 24.3 Å². The molecule has 142 valence electrons. The van der Waals surface area contributed by atoms with Crippen LogP contribution in [0.3, 0.4) is 0 Å². The van der Waals surface area contributed by atoms with Gasteiger partial charge in [-0.15, -0.1) is 0 Å². The van der Waals surface area contributed by atoms with Crippen molar-refractivity contribution in [1.82, 2.24) is 16.2 Å². The van der Waals surface area contributed by atoms with Crippen molar-refractivity contribution >= 4 is 29.1 Å². The van der Waals surface area contributed by atoms with Gasteiger partial charge in [-0.05, 0) is 42.3 Å². The van der Waals surface area contributed by atoms with Gasteiger partial charge in [-0.25, -0.2) is 0 Å². The molecule has 2 amide bonds. The molecule has 0 spiro atoms.